The molecule has 1 aliphatic rings. The molecule has 0 saturated heterocycles. The fourth-order valence-corrected chi connectivity index (χ4v) is 2.03. The van der Waals surface area contributed by atoms with Crippen molar-refractivity contribution in [1.82, 2.24) is 5.32 Å². The Kier molecular flexibility index (Phi) is 4.43. The summed E-state index contributed by atoms with van der Waals surface area (Å²) in [6.07, 6.45) is 6.15. The number of rotatable bonds is 4. The van der Waals surface area contributed by atoms with Crippen molar-refractivity contribution >= 4 is 5.78 Å². The Hall–Kier alpha value is -0.370. The molecule has 0 amide bonds. The van der Waals surface area contributed by atoms with Gasteiger partial charge in [-0.15, -0.1) is 0 Å². The quantitative estimate of drug-likeness (QED) is 0.724. The Bertz CT molecular complexity index is 157. The van der Waals surface area contributed by atoms with Crippen molar-refractivity contribution in [1.29, 1.82) is 0 Å². The molecule has 76 valence electrons. The summed E-state index contributed by atoms with van der Waals surface area (Å²) in [6.45, 7) is 4.45. The lowest BCUT2D eigenvalue weighted by molar-refractivity contribution is -0.120. The minimum absolute atomic E-state index is 0.446. The van der Waals surface area contributed by atoms with Crippen LogP contribution in [-0.2, 0) is 4.79 Å². The van der Waals surface area contributed by atoms with Gasteiger partial charge in [0.05, 0.1) is 0 Å². The molecule has 2 nitrogen and oxygen atoms in total. The minimum atomic E-state index is 0.446. The SMILES string of the molecule is CCCC(C)NC1CCC(=O)CC1. The lowest BCUT2D eigenvalue weighted by Gasteiger charge is -2.25. The van der Waals surface area contributed by atoms with Crippen molar-refractivity contribution in [3.05, 3.63) is 0 Å². The molecular formula is C11H21NO. The number of ketones is 1. The van der Waals surface area contributed by atoms with E-state index in [1.165, 1.54) is 12.8 Å². The third-order valence-electron chi connectivity index (χ3n) is 2.79. The number of hydrogen-bond acceptors (Lipinski definition) is 2. The second kappa shape index (κ2) is 5.38. The highest BCUT2D eigenvalue weighted by Crippen LogP contribution is 2.15. The van der Waals surface area contributed by atoms with Gasteiger partial charge in [0.1, 0.15) is 5.78 Å². The molecule has 1 unspecified atom stereocenters. The molecule has 0 spiro atoms. The number of nitrogens with one attached hydrogen (secondary N) is 1. The van der Waals surface area contributed by atoms with E-state index in [9.17, 15) is 4.79 Å². The summed E-state index contributed by atoms with van der Waals surface area (Å²) < 4.78 is 0. The summed E-state index contributed by atoms with van der Waals surface area (Å²) in [5, 5.41) is 3.59. The van der Waals surface area contributed by atoms with Crippen molar-refractivity contribution < 1.29 is 4.79 Å². The molecule has 1 saturated carbocycles. The summed E-state index contributed by atoms with van der Waals surface area (Å²) in [5.41, 5.74) is 0. The summed E-state index contributed by atoms with van der Waals surface area (Å²) in [5.74, 6) is 0.446. The van der Waals surface area contributed by atoms with Gasteiger partial charge in [0.15, 0.2) is 0 Å². The molecule has 1 N–H and O–H groups in total. The second-order valence-corrected chi connectivity index (χ2v) is 4.17. The van der Waals surface area contributed by atoms with Crippen LogP contribution in [0.25, 0.3) is 0 Å². The summed E-state index contributed by atoms with van der Waals surface area (Å²) in [7, 11) is 0. The first-order valence-corrected chi connectivity index (χ1v) is 5.50. The first kappa shape index (κ1) is 10.7. The fourth-order valence-electron chi connectivity index (χ4n) is 2.03. The average Bonchev–Trinajstić information content (AvgIpc) is 2.09. The van der Waals surface area contributed by atoms with E-state index < -0.39 is 0 Å². The third kappa shape index (κ3) is 3.90. The predicted octanol–water partition coefficient (Wildman–Crippen LogP) is 2.28. The molecule has 0 aliphatic heterocycles. The molecule has 13 heavy (non-hydrogen) atoms. The maximum atomic E-state index is 11.0. The maximum absolute atomic E-state index is 11.0. The molecule has 0 aromatic rings. The van der Waals surface area contributed by atoms with Crippen molar-refractivity contribution in [3.8, 4) is 0 Å². The number of carbonyl (C=O) groups is 1. The molecule has 1 rings (SSSR count). The van der Waals surface area contributed by atoms with Gasteiger partial charge >= 0.3 is 0 Å². The van der Waals surface area contributed by atoms with Crippen LogP contribution in [0.5, 0.6) is 0 Å². The van der Waals surface area contributed by atoms with Gasteiger partial charge in [-0.2, -0.15) is 0 Å². The zero-order valence-corrected chi connectivity index (χ0v) is 8.81. The van der Waals surface area contributed by atoms with Crippen LogP contribution in [0.4, 0.5) is 0 Å². The van der Waals surface area contributed by atoms with Gasteiger partial charge in [-0.05, 0) is 26.2 Å². The van der Waals surface area contributed by atoms with Crippen LogP contribution in [0.2, 0.25) is 0 Å². The van der Waals surface area contributed by atoms with Gasteiger partial charge in [-0.25, -0.2) is 0 Å². The summed E-state index contributed by atoms with van der Waals surface area (Å²) in [6, 6.07) is 1.21. The Morgan fingerprint density at radius 1 is 1.46 bits per heavy atom. The lowest BCUT2D eigenvalue weighted by Crippen LogP contribution is -2.39. The van der Waals surface area contributed by atoms with Crippen LogP contribution >= 0.6 is 0 Å². The standard InChI is InChI=1S/C11H21NO/c1-3-4-9(2)12-10-5-7-11(13)8-6-10/h9-10,12H,3-8H2,1-2H3. The normalized spacial score (nSPS) is 21.8. The molecule has 1 atom stereocenters. The predicted molar refractivity (Wildman–Crippen MR) is 54.8 cm³/mol. The number of Topliss-reactive ketones (excluding diaryl/α,β-unsaturated/α-hetero) is 1. The van der Waals surface area contributed by atoms with Gasteiger partial charge < -0.3 is 5.32 Å². The van der Waals surface area contributed by atoms with Crippen LogP contribution in [-0.4, -0.2) is 17.9 Å². The monoisotopic (exact) mass is 183 g/mol. The van der Waals surface area contributed by atoms with Gasteiger partial charge in [0.25, 0.3) is 0 Å². The van der Waals surface area contributed by atoms with E-state index in [0.717, 1.165) is 25.7 Å². The van der Waals surface area contributed by atoms with Gasteiger partial charge in [-0.3, -0.25) is 4.79 Å². The number of hydrogen-bond donors (Lipinski definition) is 1. The lowest BCUT2D eigenvalue weighted by atomic mass is 9.93. The summed E-state index contributed by atoms with van der Waals surface area (Å²) >= 11 is 0. The highest BCUT2D eigenvalue weighted by atomic mass is 16.1. The van der Waals surface area contributed by atoms with Gasteiger partial charge in [0.2, 0.25) is 0 Å². The van der Waals surface area contributed by atoms with E-state index in [2.05, 4.69) is 19.2 Å². The van der Waals surface area contributed by atoms with Gasteiger partial charge in [0, 0.05) is 24.9 Å². The van der Waals surface area contributed by atoms with Crippen molar-refractivity contribution in [2.24, 2.45) is 0 Å². The third-order valence-corrected chi connectivity index (χ3v) is 2.79. The van der Waals surface area contributed by atoms with Crippen molar-refractivity contribution in [2.75, 3.05) is 0 Å². The number of carbonyl (C=O) groups excluding carboxylic acids is 1. The van der Waals surface area contributed by atoms with Crippen molar-refractivity contribution in [2.45, 2.75) is 64.5 Å². The van der Waals surface area contributed by atoms with E-state index in [-0.39, 0.29) is 0 Å². The Labute approximate surface area is 81.1 Å². The largest absolute Gasteiger partial charge is 0.311 e. The molecule has 1 fully saturated rings. The maximum Gasteiger partial charge on any atom is 0.133 e. The summed E-state index contributed by atoms with van der Waals surface area (Å²) in [4.78, 5) is 11.0. The van der Waals surface area contributed by atoms with E-state index >= 15 is 0 Å². The molecule has 2 heteroatoms. The molecular weight excluding hydrogens is 162 g/mol. The van der Waals surface area contributed by atoms with Crippen LogP contribution in [0.1, 0.15) is 52.4 Å². The van der Waals surface area contributed by atoms with Crippen molar-refractivity contribution in [3.63, 3.8) is 0 Å². The zero-order chi connectivity index (χ0) is 9.68. The molecule has 0 heterocycles. The molecule has 0 bridgehead atoms. The van der Waals surface area contributed by atoms with E-state index in [1.807, 2.05) is 0 Å². The average molecular weight is 183 g/mol. The fraction of sp³-hybridized carbons (Fsp3) is 0.909. The Balaban J connectivity index is 2.18. The Morgan fingerprint density at radius 3 is 2.62 bits per heavy atom. The Morgan fingerprint density at radius 2 is 2.08 bits per heavy atom. The van der Waals surface area contributed by atoms with E-state index in [4.69, 9.17) is 0 Å². The van der Waals surface area contributed by atoms with Crippen LogP contribution in [0, 0.1) is 0 Å². The topological polar surface area (TPSA) is 29.1 Å². The van der Waals surface area contributed by atoms with Gasteiger partial charge in [-0.1, -0.05) is 13.3 Å². The highest BCUT2D eigenvalue weighted by molar-refractivity contribution is 5.79. The molecule has 0 aromatic heterocycles. The first-order chi connectivity index (χ1) is 6.22. The smallest absolute Gasteiger partial charge is 0.133 e. The van der Waals surface area contributed by atoms with Crippen LogP contribution in [0.15, 0.2) is 0 Å². The van der Waals surface area contributed by atoms with Crippen LogP contribution < -0.4 is 5.32 Å². The van der Waals surface area contributed by atoms with Crippen LogP contribution in [0.3, 0.4) is 0 Å². The first-order valence-electron chi connectivity index (χ1n) is 5.50. The molecule has 0 radical (unpaired) electrons. The zero-order valence-electron chi connectivity index (χ0n) is 8.81. The van der Waals surface area contributed by atoms with E-state index in [0.29, 0.717) is 17.9 Å². The highest BCUT2D eigenvalue weighted by Gasteiger charge is 2.19. The minimum Gasteiger partial charge on any atom is -0.311 e. The molecule has 0 aromatic carbocycles. The second-order valence-electron chi connectivity index (χ2n) is 4.17. The van der Waals surface area contributed by atoms with E-state index in [1.54, 1.807) is 0 Å². The molecule has 1 aliphatic carbocycles.